The van der Waals surface area contributed by atoms with E-state index in [0.29, 0.717) is 13.1 Å². The van der Waals surface area contributed by atoms with Crippen molar-refractivity contribution in [3.63, 3.8) is 0 Å². The Hall–Kier alpha value is -1.15. The van der Waals surface area contributed by atoms with Crippen LogP contribution in [0.3, 0.4) is 0 Å². The monoisotopic (exact) mass is 278 g/mol. The van der Waals surface area contributed by atoms with Crippen molar-refractivity contribution in [2.75, 3.05) is 25.9 Å². The molecule has 1 saturated heterocycles. The normalized spacial score (nSPS) is 22.2. The predicted octanol–water partition coefficient (Wildman–Crippen LogP) is -0.656. The zero-order valence-corrected chi connectivity index (χ0v) is 11.3. The summed E-state index contributed by atoms with van der Waals surface area (Å²) in [5.74, 6) is -1.60. The molecule has 104 valence electrons. The number of carboxylic acid groups (broad SMARTS) is 1. The van der Waals surface area contributed by atoms with Crippen molar-refractivity contribution in [3.05, 3.63) is 0 Å². The van der Waals surface area contributed by atoms with Crippen LogP contribution >= 0.6 is 0 Å². The molecule has 1 rings (SSSR count). The molecule has 1 unspecified atom stereocenters. The van der Waals surface area contributed by atoms with Crippen LogP contribution in [0.25, 0.3) is 0 Å². The molecule has 1 fully saturated rings. The minimum Gasteiger partial charge on any atom is -0.481 e. The van der Waals surface area contributed by atoms with E-state index >= 15 is 0 Å². The largest absolute Gasteiger partial charge is 0.481 e. The lowest BCUT2D eigenvalue weighted by Gasteiger charge is -2.38. The molecule has 0 radical (unpaired) electrons. The molecule has 0 aromatic carbocycles. The topological polar surface area (TPSA) is 95.0 Å². The molecule has 1 aliphatic rings. The summed E-state index contributed by atoms with van der Waals surface area (Å²) in [7, 11) is -3.57. The Morgan fingerprint density at radius 3 is 2.50 bits per heavy atom. The van der Waals surface area contributed by atoms with E-state index in [1.54, 1.807) is 0 Å². The first kappa shape index (κ1) is 14.9. The zero-order valence-electron chi connectivity index (χ0n) is 10.5. The number of sulfonamides is 1. The van der Waals surface area contributed by atoms with Crippen LogP contribution in [0.4, 0.5) is 0 Å². The maximum atomic E-state index is 12.1. The number of hydrogen-bond donors (Lipinski definition) is 1. The van der Waals surface area contributed by atoms with E-state index in [1.165, 1.54) is 4.90 Å². The van der Waals surface area contributed by atoms with E-state index < -0.39 is 34.4 Å². The molecule has 1 heterocycles. The van der Waals surface area contributed by atoms with Gasteiger partial charge >= 0.3 is 5.97 Å². The first-order valence-corrected chi connectivity index (χ1v) is 7.59. The molecule has 1 aliphatic heterocycles. The number of carboxylic acids is 1. The van der Waals surface area contributed by atoms with Crippen molar-refractivity contribution in [3.8, 4) is 0 Å². The third-order valence-corrected chi connectivity index (χ3v) is 4.11. The van der Waals surface area contributed by atoms with Crippen molar-refractivity contribution < 1.29 is 23.1 Å². The SMILES string of the molecule is CCCN1CCN(S(C)(=O)=O)C(CC(=O)O)C1=O. The van der Waals surface area contributed by atoms with Crippen molar-refractivity contribution in [1.82, 2.24) is 9.21 Å². The van der Waals surface area contributed by atoms with E-state index in [9.17, 15) is 18.0 Å². The van der Waals surface area contributed by atoms with E-state index in [4.69, 9.17) is 5.11 Å². The first-order chi connectivity index (χ1) is 8.27. The van der Waals surface area contributed by atoms with Gasteiger partial charge in [0.05, 0.1) is 12.7 Å². The third-order valence-electron chi connectivity index (χ3n) is 2.82. The van der Waals surface area contributed by atoms with Gasteiger partial charge in [-0.25, -0.2) is 8.42 Å². The zero-order chi connectivity index (χ0) is 13.9. The Labute approximate surface area is 106 Å². The minimum absolute atomic E-state index is 0.155. The summed E-state index contributed by atoms with van der Waals surface area (Å²) in [4.78, 5) is 24.3. The molecular formula is C10H18N2O5S. The highest BCUT2D eigenvalue weighted by Crippen LogP contribution is 2.18. The first-order valence-electron chi connectivity index (χ1n) is 5.74. The van der Waals surface area contributed by atoms with E-state index in [-0.39, 0.29) is 6.54 Å². The Bertz CT molecular complexity index is 434. The van der Waals surface area contributed by atoms with Crippen LogP contribution in [0.1, 0.15) is 19.8 Å². The number of carbonyl (C=O) groups is 2. The van der Waals surface area contributed by atoms with Gasteiger partial charge in [-0.05, 0) is 6.42 Å². The van der Waals surface area contributed by atoms with Gasteiger partial charge in [0.2, 0.25) is 15.9 Å². The Morgan fingerprint density at radius 1 is 1.44 bits per heavy atom. The number of aliphatic carboxylic acids is 1. The van der Waals surface area contributed by atoms with Crippen molar-refractivity contribution >= 4 is 21.9 Å². The van der Waals surface area contributed by atoms with Gasteiger partial charge in [0.25, 0.3) is 0 Å². The lowest BCUT2D eigenvalue weighted by Crippen LogP contribution is -2.59. The van der Waals surface area contributed by atoms with Crippen LogP contribution in [0, 0.1) is 0 Å². The van der Waals surface area contributed by atoms with Crippen LogP contribution in [-0.4, -0.2) is 66.5 Å². The van der Waals surface area contributed by atoms with E-state index in [0.717, 1.165) is 17.0 Å². The average molecular weight is 278 g/mol. The molecule has 1 amide bonds. The molecule has 0 aromatic rings. The fourth-order valence-electron chi connectivity index (χ4n) is 2.06. The van der Waals surface area contributed by atoms with Crippen LogP contribution in [0.15, 0.2) is 0 Å². The van der Waals surface area contributed by atoms with Crippen molar-refractivity contribution in [2.45, 2.75) is 25.8 Å². The molecule has 8 heteroatoms. The smallest absolute Gasteiger partial charge is 0.305 e. The lowest BCUT2D eigenvalue weighted by atomic mass is 10.1. The molecule has 18 heavy (non-hydrogen) atoms. The molecule has 0 bridgehead atoms. The highest BCUT2D eigenvalue weighted by molar-refractivity contribution is 7.88. The van der Waals surface area contributed by atoms with Gasteiger partial charge in [-0.3, -0.25) is 9.59 Å². The molecule has 0 aromatic heterocycles. The van der Waals surface area contributed by atoms with Crippen LogP contribution in [0.2, 0.25) is 0 Å². The molecule has 7 nitrogen and oxygen atoms in total. The third kappa shape index (κ3) is 3.42. The van der Waals surface area contributed by atoms with Crippen LogP contribution < -0.4 is 0 Å². The molecule has 0 aliphatic carbocycles. The van der Waals surface area contributed by atoms with Gasteiger partial charge in [0, 0.05) is 19.6 Å². The summed E-state index contributed by atoms with van der Waals surface area (Å²) in [6.45, 7) is 2.90. The van der Waals surface area contributed by atoms with Crippen molar-refractivity contribution in [2.24, 2.45) is 0 Å². The molecule has 0 saturated carbocycles. The number of rotatable bonds is 5. The fraction of sp³-hybridized carbons (Fsp3) is 0.800. The van der Waals surface area contributed by atoms with Crippen molar-refractivity contribution in [1.29, 1.82) is 0 Å². The summed E-state index contributed by atoms with van der Waals surface area (Å²) in [5, 5.41) is 8.79. The predicted molar refractivity (Wildman–Crippen MR) is 64.5 cm³/mol. The summed E-state index contributed by atoms with van der Waals surface area (Å²) >= 11 is 0. The summed E-state index contributed by atoms with van der Waals surface area (Å²) in [6, 6.07) is -1.11. The van der Waals surface area contributed by atoms with Gasteiger partial charge in [-0.2, -0.15) is 4.31 Å². The highest BCUT2D eigenvalue weighted by atomic mass is 32.2. The van der Waals surface area contributed by atoms with Gasteiger partial charge in [-0.15, -0.1) is 0 Å². The van der Waals surface area contributed by atoms with Gasteiger partial charge in [0.1, 0.15) is 6.04 Å². The number of carbonyl (C=O) groups excluding carboxylic acids is 1. The maximum Gasteiger partial charge on any atom is 0.305 e. The summed E-state index contributed by atoms with van der Waals surface area (Å²) < 4.78 is 24.1. The second-order valence-electron chi connectivity index (χ2n) is 4.31. The molecule has 1 N–H and O–H groups in total. The molecule has 1 atom stereocenters. The highest BCUT2D eigenvalue weighted by Gasteiger charge is 2.40. The summed E-state index contributed by atoms with van der Waals surface area (Å²) in [6.07, 6.45) is 1.25. The summed E-state index contributed by atoms with van der Waals surface area (Å²) in [5.41, 5.74) is 0. The Morgan fingerprint density at radius 2 is 2.06 bits per heavy atom. The number of amides is 1. The number of nitrogens with zero attached hydrogens (tertiary/aromatic N) is 2. The molecular weight excluding hydrogens is 260 g/mol. The number of piperazine rings is 1. The Kier molecular flexibility index (Phi) is 4.69. The molecule has 0 spiro atoms. The second kappa shape index (κ2) is 5.66. The quantitative estimate of drug-likeness (QED) is 0.720. The maximum absolute atomic E-state index is 12.1. The average Bonchev–Trinajstić information content (AvgIpc) is 2.22. The van der Waals surface area contributed by atoms with E-state index in [1.807, 2.05) is 6.92 Å². The Balaban J connectivity index is 2.96. The fourth-order valence-corrected chi connectivity index (χ4v) is 3.10. The van der Waals surface area contributed by atoms with Crippen LogP contribution in [-0.2, 0) is 19.6 Å². The van der Waals surface area contributed by atoms with Gasteiger partial charge in [-0.1, -0.05) is 6.92 Å². The number of hydrogen-bond acceptors (Lipinski definition) is 4. The second-order valence-corrected chi connectivity index (χ2v) is 6.25. The standard InChI is InChI=1S/C10H18N2O5S/c1-3-4-11-5-6-12(18(2,16)17)8(10(11)15)7-9(13)14/h8H,3-7H2,1-2H3,(H,13,14). The van der Waals surface area contributed by atoms with Gasteiger partial charge < -0.3 is 10.0 Å². The minimum atomic E-state index is -3.57. The van der Waals surface area contributed by atoms with Gasteiger partial charge in [0.15, 0.2) is 0 Å². The van der Waals surface area contributed by atoms with Crippen LogP contribution in [0.5, 0.6) is 0 Å². The lowest BCUT2D eigenvalue weighted by molar-refractivity contribution is -0.146. The van der Waals surface area contributed by atoms with E-state index in [2.05, 4.69) is 0 Å².